The summed E-state index contributed by atoms with van der Waals surface area (Å²) in [5.41, 5.74) is 2.58. The Morgan fingerprint density at radius 1 is 1.19 bits per heavy atom. The number of hydrogen-bond acceptors (Lipinski definition) is 2. The van der Waals surface area contributed by atoms with Crippen LogP contribution in [0.3, 0.4) is 0 Å². The fraction of sp³-hybridized carbons (Fsp3) is 0.357. The molecule has 0 radical (unpaired) electrons. The third kappa shape index (κ3) is 5.06. The lowest BCUT2D eigenvalue weighted by Gasteiger charge is -2.06. The summed E-state index contributed by atoms with van der Waals surface area (Å²) in [5, 5.41) is 7.12. The molecule has 1 aromatic heterocycles. The molecule has 1 heterocycles. The molecule has 1 aromatic carbocycles. The van der Waals surface area contributed by atoms with Crippen LogP contribution in [0.2, 0.25) is 0 Å². The van der Waals surface area contributed by atoms with Crippen molar-refractivity contribution in [3.8, 4) is 0 Å². The van der Waals surface area contributed by atoms with Crippen LogP contribution in [0.4, 0.5) is 13.2 Å². The summed E-state index contributed by atoms with van der Waals surface area (Å²) >= 11 is 0. The van der Waals surface area contributed by atoms with Gasteiger partial charge in [0.25, 0.3) is 6.43 Å². The zero-order valence-electron chi connectivity index (χ0n) is 11.5. The summed E-state index contributed by atoms with van der Waals surface area (Å²) in [7, 11) is 0. The number of rotatable bonds is 6. The first kappa shape index (κ1) is 17.5. The Bertz CT molecular complexity index is 555. The second-order valence-corrected chi connectivity index (χ2v) is 4.56. The van der Waals surface area contributed by atoms with Gasteiger partial charge in [0.2, 0.25) is 0 Å². The second-order valence-electron chi connectivity index (χ2n) is 4.56. The molecule has 0 bridgehead atoms. The monoisotopic (exact) mass is 319 g/mol. The van der Waals surface area contributed by atoms with Crippen LogP contribution in [0, 0.1) is 12.7 Å². The van der Waals surface area contributed by atoms with Gasteiger partial charge in [-0.25, -0.2) is 13.2 Å². The lowest BCUT2D eigenvalue weighted by atomic mass is 10.2. The van der Waals surface area contributed by atoms with Crippen molar-refractivity contribution >= 4 is 12.4 Å². The van der Waals surface area contributed by atoms with Crippen LogP contribution in [-0.4, -0.2) is 16.2 Å². The zero-order valence-corrected chi connectivity index (χ0v) is 12.3. The molecule has 0 fully saturated rings. The molecule has 0 saturated heterocycles. The molecular formula is C14H17ClF3N3. The number of benzene rings is 1. The van der Waals surface area contributed by atoms with Gasteiger partial charge in [-0.05, 0) is 24.6 Å². The highest BCUT2D eigenvalue weighted by molar-refractivity contribution is 5.85. The zero-order chi connectivity index (χ0) is 14.5. The Morgan fingerprint density at radius 3 is 2.48 bits per heavy atom. The first-order valence-electron chi connectivity index (χ1n) is 6.31. The van der Waals surface area contributed by atoms with E-state index in [1.807, 2.05) is 0 Å². The second kappa shape index (κ2) is 8.05. The molecule has 0 aliphatic heterocycles. The minimum Gasteiger partial charge on any atom is -0.308 e. The molecule has 1 N–H and O–H groups in total. The highest BCUT2D eigenvalue weighted by Crippen LogP contribution is 2.10. The van der Waals surface area contributed by atoms with E-state index >= 15 is 0 Å². The first-order chi connectivity index (χ1) is 9.56. The Hall–Kier alpha value is -1.53. The normalized spacial score (nSPS) is 10.7. The largest absolute Gasteiger partial charge is 0.308 e. The van der Waals surface area contributed by atoms with Gasteiger partial charge in [-0.3, -0.25) is 4.68 Å². The lowest BCUT2D eigenvalue weighted by molar-refractivity contribution is 0.121. The molecule has 0 spiro atoms. The molecule has 116 valence electrons. The van der Waals surface area contributed by atoms with Crippen LogP contribution in [0.5, 0.6) is 0 Å². The Labute approximate surface area is 127 Å². The molecule has 0 aliphatic rings. The molecule has 0 aliphatic carbocycles. The number of nitrogens with zero attached hydrogens (tertiary/aromatic N) is 2. The topological polar surface area (TPSA) is 29.9 Å². The smallest absolute Gasteiger partial charge is 0.257 e. The average molecular weight is 320 g/mol. The van der Waals surface area contributed by atoms with Crippen molar-refractivity contribution in [1.82, 2.24) is 15.1 Å². The van der Waals surface area contributed by atoms with Crippen molar-refractivity contribution in [2.75, 3.05) is 0 Å². The summed E-state index contributed by atoms with van der Waals surface area (Å²) in [6.45, 7) is 2.50. The highest BCUT2D eigenvalue weighted by atomic mass is 35.5. The Kier molecular flexibility index (Phi) is 6.71. The van der Waals surface area contributed by atoms with Crippen LogP contribution in [0.15, 0.2) is 30.5 Å². The van der Waals surface area contributed by atoms with E-state index in [0.717, 1.165) is 16.8 Å². The number of alkyl halides is 2. The van der Waals surface area contributed by atoms with Gasteiger partial charge >= 0.3 is 0 Å². The Balaban J connectivity index is 0.00000220. The lowest BCUT2D eigenvalue weighted by Crippen LogP contribution is -2.14. The van der Waals surface area contributed by atoms with Gasteiger partial charge in [0.05, 0.1) is 6.20 Å². The number of nitrogens with one attached hydrogen (secondary N) is 1. The van der Waals surface area contributed by atoms with Crippen molar-refractivity contribution in [3.05, 3.63) is 53.1 Å². The molecule has 2 aromatic rings. The number of aromatic nitrogens is 2. The number of halogens is 4. The molecule has 0 amide bonds. The van der Waals surface area contributed by atoms with E-state index in [0.29, 0.717) is 13.1 Å². The predicted octanol–water partition coefficient (Wildman–Crippen LogP) is 3.31. The summed E-state index contributed by atoms with van der Waals surface area (Å²) in [6.07, 6.45) is -0.816. The summed E-state index contributed by atoms with van der Waals surface area (Å²) in [6, 6.07) is 6.22. The van der Waals surface area contributed by atoms with Crippen molar-refractivity contribution in [2.24, 2.45) is 0 Å². The molecule has 0 atom stereocenters. The van der Waals surface area contributed by atoms with Crippen LogP contribution < -0.4 is 5.32 Å². The molecular weight excluding hydrogens is 303 g/mol. The number of hydrogen-bond donors (Lipinski definition) is 1. The van der Waals surface area contributed by atoms with Crippen molar-refractivity contribution in [3.63, 3.8) is 0 Å². The molecule has 7 heteroatoms. The van der Waals surface area contributed by atoms with Gasteiger partial charge in [-0.2, -0.15) is 5.10 Å². The van der Waals surface area contributed by atoms with Gasteiger partial charge in [-0.15, -0.1) is 12.4 Å². The van der Waals surface area contributed by atoms with Crippen molar-refractivity contribution < 1.29 is 13.2 Å². The van der Waals surface area contributed by atoms with E-state index < -0.39 is 6.43 Å². The predicted molar refractivity (Wildman–Crippen MR) is 77.2 cm³/mol. The molecule has 2 rings (SSSR count). The summed E-state index contributed by atoms with van der Waals surface area (Å²) in [5.74, 6) is -0.266. The van der Waals surface area contributed by atoms with Crippen LogP contribution in [0.25, 0.3) is 0 Å². The van der Waals surface area contributed by atoms with E-state index in [-0.39, 0.29) is 24.8 Å². The SMILES string of the molecule is Cc1c(CNCc2ccc(F)cc2)cnn1CC(F)F.Cl. The van der Waals surface area contributed by atoms with E-state index in [9.17, 15) is 13.2 Å². The van der Waals surface area contributed by atoms with E-state index in [1.54, 1.807) is 25.3 Å². The third-order valence-corrected chi connectivity index (χ3v) is 3.07. The first-order valence-corrected chi connectivity index (χ1v) is 6.31. The fourth-order valence-electron chi connectivity index (χ4n) is 1.92. The van der Waals surface area contributed by atoms with Gasteiger partial charge < -0.3 is 5.32 Å². The third-order valence-electron chi connectivity index (χ3n) is 3.07. The molecule has 0 saturated carbocycles. The Morgan fingerprint density at radius 2 is 1.86 bits per heavy atom. The maximum Gasteiger partial charge on any atom is 0.257 e. The molecule has 21 heavy (non-hydrogen) atoms. The van der Waals surface area contributed by atoms with Crippen molar-refractivity contribution in [2.45, 2.75) is 33.0 Å². The maximum atomic E-state index is 12.7. The van der Waals surface area contributed by atoms with Crippen molar-refractivity contribution in [1.29, 1.82) is 0 Å². The van der Waals surface area contributed by atoms with Gasteiger partial charge in [-0.1, -0.05) is 12.1 Å². The van der Waals surface area contributed by atoms with E-state index in [4.69, 9.17) is 0 Å². The van der Waals surface area contributed by atoms with Gasteiger partial charge in [0.1, 0.15) is 12.4 Å². The highest BCUT2D eigenvalue weighted by Gasteiger charge is 2.10. The molecule has 3 nitrogen and oxygen atoms in total. The summed E-state index contributed by atoms with van der Waals surface area (Å²) in [4.78, 5) is 0. The average Bonchev–Trinajstić information content (AvgIpc) is 2.73. The minimum absolute atomic E-state index is 0. The minimum atomic E-state index is -2.41. The summed E-state index contributed by atoms with van der Waals surface area (Å²) < 4.78 is 38.7. The van der Waals surface area contributed by atoms with E-state index in [1.165, 1.54) is 16.8 Å². The quantitative estimate of drug-likeness (QED) is 0.885. The van der Waals surface area contributed by atoms with Gasteiger partial charge in [0.15, 0.2) is 0 Å². The fourth-order valence-corrected chi connectivity index (χ4v) is 1.92. The standard InChI is InChI=1S/C14H16F3N3.ClH/c1-10-12(8-19-20(10)9-14(16)17)7-18-6-11-2-4-13(15)5-3-11;/h2-5,8,14,18H,6-7,9H2,1H3;1H. The van der Waals surface area contributed by atoms with Crippen LogP contribution in [0.1, 0.15) is 16.8 Å². The maximum absolute atomic E-state index is 12.7. The molecule has 0 unspecified atom stereocenters. The van der Waals surface area contributed by atoms with Gasteiger partial charge in [0, 0.05) is 24.3 Å². The van der Waals surface area contributed by atoms with Crippen LogP contribution >= 0.6 is 12.4 Å². The van der Waals surface area contributed by atoms with Crippen LogP contribution in [-0.2, 0) is 19.6 Å². The van der Waals surface area contributed by atoms with E-state index in [2.05, 4.69) is 10.4 Å².